The molecule has 0 saturated heterocycles. The molecule has 1 aromatic heterocycles. The van der Waals surface area contributed by atoms with E-state index in [1.165, 1.54) is 0 Å². The van der Waals surface area contributed by atoms with Crippen molar-refractivity contribution in [3.8, 4) is 0 Å². The highest BCUT2D eigenvalue weighted by Crippen LogP contribution is 2.17. The fourth-order valence-electron chi connectivity index (χ4n) is 2.12. The van der Waals surface area contributed by atoms with E-state index in [-0.39, 0.29) is 5.91 Å². The molecule has 6 heteroatoms. The molecule has 0 atom stereocenters. The third-order valence-corrected chi connectivity index (χ3v) is 3.51. The van der Waals surface area contributed by atoms with E-state index < -0.39 is 0 Å². The molecule has 0 aliphatic rings. The van der Waals surface area contributed by atoms with E-state index >= 15 is 0 Å². The summed E-state index contributed by atoms with van der Waals surface area (Å²) in [5.74, 6) is 0.866. The molecule has 0 radical (unpaired) electrons. The maximum Gasteiger partial charge on any atom is 0.229 e. The molecular formula is C18H15ClN4O. The Morgan fingerprint density at radius 3 is 2.21 bits per heavy atom. The van der Waals surface area contributed by atoms with Crippen LogP contribution >= 0.6 is 11.6 Å². The molecule has 0 fully saturated rings. The number of halogens is 1. The van der Waals surface area contributed by atoms with Crippen LogP contribution in [0.15, 0.2) is 66.7 Å². The Labute approximate surface area is 144 Å². The molecular weight excluding hydrogens is 324 g/mol. The number of carbonyl (C=O) groups excluding carboxylic acids is 1. The molecule has 1 heterocycles. The first-order chi connectivity index (χ1) is 11.7. The SMILES string of the molecule is O=C(Cc1ccccc1)Nc1ccc(Nc2ccc(Cl)cc2)nn1. The maximum absolute atomic E-state index is 12.0. The molecule has 120 valence electrons. The zero-order chi connectivity index (χ0) is 16.8. The average molecular weight is 339 g/mol. The van der Waals surface area contributed by atoms with Crippen molar-refractivity contribution in [1.82, 2.24) is 10.2 Å². The quantitative estimate of drug-likeness (QED) is 0.736. The van der Waals surface area contributed by atoms with Crippen molar-refractivity contribution in [2.24, 2.45) is 0 Å². The van der Waals surface area contributed by atoms with Gasteiger partial charge in [-0.05, 0) is 42.0 Å². The summed E-state index contributed by atoms with van der Waals surface area (Å²) >= 11 is 5.85. The summed E-state index contributed by atoms with van der Waals surface area (Å²) in [5, 5.41) is 14.6. The van der Waals surface area contributed by atoms with Gasteiger partial charge in [-0.25, -0.2) is 0 Å². The largest absolute Gasteiger partial charge is 0.339 e. The van der Waals surface area contributed by atoms with Crippen molar-refractivity contribution < 1.29 is 4.79 Å². The fourth-order valence-corrected chi connectivity index (χ4v) is 2.24. The molecule has 0 unspecified atom stereocenters. The zero-order valence-electron chi connectivity index (χ0n) is 12.7. The second-order valence-corrected chi connectivity index (χ2v) is 5.58. The van der Waals surface area contributed by atoms with Crippen molar-refractivity contribution in [3.05, 3.63) is 77.3 Å². The molecule has 2 aromatic carbocycles. The summed E-state index contributed by atoms with van der Waals surface area (Å²) in [6.45, 7) is 0. The minimum Gasteiger partial charge on any atom is -0.339 e. The minimum atomic E-state index is -0.131. The molecule has 0 saturated carbocycles. The van der Waals surface area contributed by atoms with E-state index in [0.29, 0.717) is 23.1 Å². The predicted molar refractivity (Wildman–Crippen MR) is 95.5 cm³/mol. The minimum absolute atomic E-state index is 0.131. The van der Waals surface area contributed by atoms with Crippen LogP contribution in [0.1, 0.15) is 5.56 Å². The van der Waals surface area contributed by atoms with E-state index in [0.717, 1.165) is 11.3 Å². The van der Waals surface area contributed by atoms with Crippen LogP contribution in [0, 0.1) is 0 Å². The van der Waals surface area contributed by atoms with Crippen LogP contribution in [0.25, 0.3) is 0 Å². The standard InChI is InChI=1S/C18H15ClN4O/c19-14-6-8-15(9-7-14)20-16-10-11-17(23-22-16)21-18(24)12-13-4-2-1-3-5-13/h1-11H,12H2,(H,20,22)(H,21,23,24). The first-order valence-electron chi connectivity index (χ1n) is 7.39. The summed E-state index contributed by atoms with van der Waals surface area (Å²) in [5.41, 5.74) is 1.80. The zero-order valence-corrected chi connectivity index (χ0v) is 13.5. The van der Waals surface area contributed by atoms with Crippen molar-refractivity contribution >= 4 is 34.8 Å². The molecule has 3 aromatic rings. The van der Waals surface area contributed by atoms with E-state index in [4.69, 9.17) is 11.6 Å². The molecule has 1 amide bonds. The normalized spacial score (nSPS) is 10.2. The Morgan fingerprint density at radius 1 is 0.875 bits per heavy atom. The lowest BCUT2D eigenvalue weighted by molar-refractivity contribution is -0.115. The number of benzene rings is 2. The highest BCUT2D eigenvalue weighted by atomic mass is 35.5. The van der Waals surface area contributed by atoms with Crippen molar-refractivity contribution in [3.63, 3.8) is 0 Å². The third-order valence-electron chi connectivity index (χ3n) is 3.26. The number of hydrogen-bond acceptors (Lipinski definition) is 4. The van der Waals surface area contributed by atoms with Gasteiger partial charge in [-0.15, -0.1) is 10.2 Å². The van der Waals surface area contributed by atoms with Crippen molar-refractivity contribution in [1.29, 1.82) is 0 Å². The van der Waals surface area contributed by atoms with Gasteiger partial charge in [0.15, 0.2) is 11.6 Å². The van der Waals surface area contributed by atoms with Gasteiger partial charge in [0.05, 0.1) is 6.42 Å². The van der Waals surface area contributed by atoms with Crippen LogP contribution < -0.4 is 10.6 Å². The van der Waals surface area contributed by atoms with Crippen LogP contribution in [-0.2, 0) is 11.2 Å². The number of nitrogens with zero attached hydrogens (tertiary/aromatic N) is 2. The fraction of sp³-hybridized carbons (Fsp3) is 0.0556. The van der Waals surface area contributed by atoms with Crippen LogP contribution in [0.4, 0.5) is 17.3 Å². The number of amides is 1. The molecule has 0 aliphatic heterocycles. The molecule has 2 N–H and O–H groups in total. The van der Waals surface area contributed by atoms with Crippen LogP contribution in [0.3, 0.4) is 0 Å². The molecule has 0 spiro atoms. The Kier molecular flexibility index (Phi) is 5.03. The number of hydrogen-bond donors (Lipinski definition) is 2. The highest BCUT2D eigenvalue weighted by molar-refractivity contribution is 6.30. The van der Waals surface area contributed by atoms with Gasteiger partial charge in [0.2, 0.25) is 5.91 Å². The summed E-state index contributed by atoms with van der Waals surface area (Å²) in [6, 6.07) is 20.3. The summed E-state index contributed by atoms with van der Waals surface area (Å²) in [6.07, 6.45) is 0.299. The molecule has 3 rings (SSSR count). The lowest BCUT2D eigenvalue weighted by atomic mass is 10.1. The number of carbonyl (C=O) groups is 1. The van der Waals surface area contributed by atoms with Gasteiger partial charge in [0, 0.05) is 10.7 Å². The summed E-state index contributed by atoms with van der Waals surface area (Å²) in [4.78, 5) is 12.0. The maximum atomic E-state index is 12.0. The van der Waals surface area contributed by atoms with Gasteiger partial charge in [-0.3, -0.25) is 4.79 Å². The summed E-state index contributed by atoms with van der Waals surface area (Å²) < 4.78 is 0. The second kappa shape index (κ2) is 7.57. The number of aromatic nitrogens is 2. The first-order valence-corrected chi connectivity index (χ1v) is 7.77. The van der Waals surface area contributed by atoms with Gasteiger partial charge in [0.25, 0.3) is 0 Å². The van der Waals surface area contributed by atoms with E-state index in [1.807, 2.05) is 42.5 Å². The second-order valence-electron chi connectivity index (χ2n) is 5.15. The molecule has 24 heavy (non-hydrogen) atoms. The van der Waals surface area contributed by atoms with Crippen molar-refractivity contribution in [2.45, 2.75) is 6.42 Å². The smallest absolute Gasteiger partial charge is 0.229 e. The van der Waals surface area contributed by atoms with Gasteiger partial charge in [0.1, 0.15) is 0 Å². The lowest BCUT2D eigenvalue weighted by Crippen LogP contribution is -2.15. The van der Waals surface area contributed by atoms with Gasteiger partial charge in [-0.1, -0.05) is 41.9 Å². The van der Waals surface area contributed by atoms with Gasteiger partial charge >= 0.3 is 0 Å². The van der Waals surface area contributed by atoms with Crippen molar-refractivity contribution in [2.75, 3.05) is 10.6 Å². The Balaban J connectivity index is 1.58. The lowest BCUT2D eigenvalue weighted by Gasteiger charge is -2.07. The van der Waals surface area contributed by atoms with E-state index in [9.17, 15) is 4.79 Å². The molecule has 0 aliphatic carbocycles. The van der Waals surface area contributed by atoms with Crippen LogP contribution in [0.5, 0.6) is 0 Å². The average Bonchev–Trinajstić information content (AvgIpc) is 2.59. The Hall–Kier alpha value is -2.92. The topological polar surface area (TPSA) is 66.9 Å². The molecule has 5 nitrogen and oxygen atoms in total. The number of nitrogens with one attached hydrogen (secondary N) is 2. The predicted octanol–water partition coefficient (Wildman–Crippen LogP) is 4.05. The van der Waals surface area contributed by atoms with E-state index in [1.54, 1.807) is 24.3 Å². The Morgan fingerprint density at radius 2 is 1.54 bits per heavy atom. The van der Waals surface area contributed by atoms with E-state index in [2.05, 4.69) is 20.8 Å². The monoisotopic (exact) mass is 338 g/mol. The Bertz CT molecular complexity index is 805. The van der Waals surface area contributed by atoms with Crippen LogP contribution in [-0.4, -0.2) is 16.1 Å². The molecule has 0 bridgehead atoms. The highest BCUT2D eigenvalue weighted by Gasteiger charge is 2.05. The van der Waals surface area contributed by atoms with Gasteiger partial charge < -0.3 is 10.6 Å². The number of anilines is 3. The van der Waals surface area contributed by atoms with Gasteiger partial charge in [-0.2, -0.15) is 0 Å². The summed E-state index contributed by atoms with van der Waals surface area (Å²) in [7, 11) is 0. The first kappa shape index (κ1) is 16.0. The number of rotatable bonds is 5. The third kappa shape index (κ3) is 4.54. The van der Waals surface area contributed by atoms with Crippen LogP contribution in [0.2, 0.25) is 5.02 Å².